The summed E-state index contributed by atoms with van der Waals surface area (Å²) >= 11 is 0. The average molecular weight is 414 g/mol. The molecule has 1 atom stereocenters. The van der Waals surface area contributed by atoms with Crippen LogP contribution in [-0.4, -0.2) is 75.5 Å². The van der Waals surface area contributed by atoms with Crippen LogP contribution >= 0.6 is 24.8 Å². The highest BCUT2D eigenvalue weighted by Crippen LogP contribution is 2.24. The van der Waals surface area contributed by atoms with Crippen molar-refractivity contribution in [1.82, 2.24) is 15.5 Å². The molecule has 0 radical (unpaired) electrons. The summed E-state index contributed by atoms with van der Waals surface area (Å²) in [5.74, 6) is 0.644. The number of nitrogens with zero attached hydrogens (tertiary/aromatic N) is 1. The molecule has 26 heavy (non-hydrogen) atoms. The molecule has 156 valence electrons. The molecule has 1 unspecified atom stereocenters. The van der Waals surface area contributed by atoms with Gasteiger partial charge in [-0.2, -0.15) is 0 Å². The molecule has 0 aromatic heterocycles. The van der Waals surface area contributed by atoms with Crippen LogP contribution in [0.25, 0.3) is 0 Å². The van der Waals surface area contributed by atoms with Crippen LogP contribution in [0, 0.1) is 5.92 Å². The first-order chi connectivity index (χ1) is 11.7. The van der Waals surface area contributed by atoms with E-state index in [2.05, 4.69) is 29.4 Å². The Labute approximate surface area is 170 Å². The maximum atomic E-state index is 12.8. The molecule has 0 aromatic carbocycles. The zero-order chi connectivity index (χ0) is 17.4. The molecule has 0 saturated carbocycles. The van der Waals surface area contributed by atoms with E-state index in [4.69, 9.17) is 9.47 Å². The summed E-state index contributed by atoms with van der Waals surface area (Å²) in [5, 5.41) is 6.52. The summed E-state index contributed by atoms with van der Waals surface area (Å²) in [6, 6.07) is 0.378. The summed E-state index contributed by atoms with van der Waals surface area (Å²) < 4.78 is 11.1. The Morgan fingerprint density at radius 2 is 1.77 bits per heavy atom. The van der Waals surface area contributed by atoms with Crippen molar-refractivity contribution in [3.05, 3.63) is 0 Å². The third kappa shape index (κ3) is 6.50. The molecule has 2 fully saturated rings. The molecule has 8 heteroatoms. The monoisotopic (exact) mass is 413 g/mol. The number of morpholine rings is 1. The van der Waals surface area contributed by atoms with Gasteiger partial charge in [0.05, 0.1) is 13.2 Å². The molecule has 0 spiro atoms. The fraction of sp³-hybridized carbons (Fsp3) is 0.944. The topological polar surface area (TPSA) is 62.8 Å². The van der Waals surface area contributed by atoms with Gasteiger partial charge < -0.3 is 20.1 Å². The van der Waals surface area contributed by atoms with Crippen LogP contribution in [0.15, 0.2) is 0 Å². The van der Waals surface area contributed by atoms with Gasteiger partial charge in [-0.3, -0.25) is 9.69 Å². The summed E-state index contributed by atoms with van der Waals surface area (Å²) in [7, 11) is 1.66. The highest BCUT2D eigenvalue weighted by atomic mass is 35.5. The number of amides is 1. The van der Waals surface area contributed by atoms with Gasteiger partial charge >= 0.3 is 0 Å². The minimum atomic E-state index is -0.658. The van der Waals surface area contributed by atoms with Gasteiger partial charge in [-0.1, -0.05) is 26.7 Å². The SMILES string of the molecule is CCC(CC)C(CNC(=O)C1(OC)CCNCC1)N1CCOCC1.Cl.Cl. The van der Waals surface area contributed by atoms with Crippen LogP contribution < -0.4 is 10.6 Å². The highest BCUT2D eigenvalue weighted by Gasteiger charge is 2.40. The number of rotatable bonds is 8. The Balaban J connectivity index is 0.00000312. The van der Waals surface area contributed by atoms with Gasteiger partial charge in [-0.25, -0.2) is 0 Å². The molecule has 6 nitrogen and oxygen atoms in total. The van der Waals surface area contributed by atoms with Crippen molar-refractivity contribution in [3.8, 4) is 0 Å². The number of ether oxygens (including phenoxy) is 2. The number of nitrogens with one attached hydrogen (secondary N) is 2. The molecule has 2 heterocycles. The molecule has 2 N–H and O–H groups in total. The van der Waals surface area contributed by atoms with E-state index in [1.54, 1.807) is 7.11 Å². The summed E-state index contributed by atoms with van der Waals surface area (Å²) in [4.78, 5) is 15.3. The molecule has 1 amide bonds. The number of hydrogen-bond donors (Lipinski definition) is 2. The zero-order valence-corrected chi connectivity index (χ0v) is 18.1. The average Bonchev–Trinajstić information content (AvgIpc) is 2.66. The second-order valence-electron chi connectivity index (χ2n) is 6.95. The standard InChI is InChI=1S/C18H35N3O3.2ClH/c1-4-15(5-2)16(21-10-12-24-13-11-21)14-20-17(22)18(23-3)6-8-19-9-7-18;;/h15-16,19H,4-14H2,1-3H3,(H,20,22);2*1H. The Morgan fingerprint density at radius 3 is 2.27 bits per heavy atom. The molecule has 2 saturated heterocycles. The first-order valence-corrected chi connectivity index (χ1v) is 9.52. The van der Waals surface area contributed by atoms with E-state index < -0.39 is 5.60 Å². The number of piperidine rings is 1. The summed E-state index contributed by atoms with van der Waals surface area (Å²) in [5.41, 5.74) is -0.658. The minimum Gasteiger partial charge on any atom is -0.379 e. The van der Waals surface area contributed by atoms with Crippen molar-refractivity contribution in [2.75, 3.05) is 53.0 Å². The van der Waals surface area contributed by atoms with Crippen LogP contribution in [0.3, 0.4) is 0 Å². The van der Waals surface area contributed by atoms with Gasteiger partial charge in [0, 0.05) is 32.8 Å². The molecule has 2 aliphatic rings. The van der Waals surface area contributed by atoms with Crippen LogP contribution in [0.1, 0.15) is 39.5 Å². The van der Waals surface area contributed by atoms with Gasteiger partial charge in [0.25, 0.3) is 5.91 Å². The first kappa shape index (κ1) is 25.9. The van der Waals surface area contributed by atoms with Crippen molar-refractivity contribution < 1.29 is 14.3 Å². The largest absolute Gasteiger partial charge is 0.379 e. The van der Waals surface area contributed by atoms with Crippen molar-refractivity contribution in [2.24, 2.45) is 5.92 Å². The number of carbonyl (C=O) groups excluding carboxylic acids is 1. The quantitative estimate of drug-likeness (QED) is 0.635. The summed E-state index contributed by atoms with van der Waals surface area (Å²) in [6.07, 6.45) is 3.74. The van der Waals surface area contributed by atoms with Crippen LogP contribution in [0.4, 0.5) is 0 Å². The second-order valence-corrected chi connectivity index (χ2v) is 6.95. The molecule has 0 aromatic rings. The first-order valence-electron chi connectivity index (χ1n) is 9.52. The van der Waals surface area contributed by atoms with Crippen molar-refractivity contribution in [3.63, 3.8) is 0 Å². The van der Waals surface area contributed by atoms with Crippen molar-refractivity contribution in [1.29, 1.82) is 0 Å². The van der Waals surface area contributed by atoms with Gasteiger partial charge in [0.2, 0.25) is 0 Å². The van der Waals surface area contributed by atoms with Crippen LogP contribution in [-0.2, 0) is 14.3 Å². The number of methoxy groups -OCH3 is 1. The molecular weight excluding hydrogens is 377 g/mol. The normalized spacial score (nSPS) is 21.4. The predicted octanol–water partition coefficient (Wildman–Crippen LogP) is 1.85. The maximum Gasteiger partial charge on any atom is 0.252 e. The summed E-state index contributed by atoms with van der Waals surface area (Å²) in [6.45, 7) is 10.3. The van der Waals surface area contributed by atoms with Crippen LogP contribution in [0.2, 0.25) is 0 Å². The Kier molecular flexibility index (Phi) is 13.1. The lowest BCUT2D eigenvalue weighted by Crippen LogP contribution is -2.57. The third-order valence-corrected chi connectivity index (χ3v) is 5.80. The van der Waals surface area contributed by atoms with Gasteiger partial charge in [0.15, 0.2) is 0 Å². The van der Waals surface area contributed by atoms with E-state index in [1.807, 2.05) is 0 Å². The van der Waals surface area contributed by atoms with Gasteiger partial charge in [-0.15, -0.1) is 24.8 Å². The lowest BCUT2D eigenvalue weighted by Gasteiger charge is -2.40. The molecule has 0 aliphatic carbocycles. The Hall–Kier alpha value is -0.110. The van der Waals surface area contributed by atoms with E-state index in [0.29, 0.717) is 18.5 Å². The fourth-order valence-electron chi connectivity index (χ4n) is 4.05. The highest BCUT2D eigenvalue weighted by molar-refractivity contribution is 5.86. The van der Waals surface area contributed by atoms with E-state index in [-0.39, 0.29) is 30.7 Å². The zero-order valence-electron chi connectivity index (χ0n) is 16.4. The molecule has 2 rings (SSSR count). The van der Waals surface area contributed by atoms with E-state index in [9.17, 15) is 4.79 Å². The fourth-order valence-corrected chi connectivity index (χ4v) is 4.05. The Bertz CT molecular complexity index is 386. The van der Waals surface area contributed by atoms with Crippen molar-refractivity contribution >= 4 is 30.7 Å². The maximum absolute atomic E-state index is 12.8. The molecule has 2 aliphatic heterocycles. The molecular formula is C18H37Cl2N3O3. The van der Waals surface area contributed by atoms with Crippen LogP contribution in [0.5, 0.6) is 0 Å². The molecule has 0 bridgehead atoms. The van der Waals surface area contributed by atoms with Crippen molar-refractivity contribution in [2.45, 2.75) is 51.2 Å². The smallest absolute Gasteiger partial charge is 0.252 e. The Morgan fingerprint density at radius 1 is 1.19 bits per heavy atom. The van der Waals surface area contributed by atoms with Gasteiger partial charge in [0.1, 0.15) is 5.60 Å². The lowest BCUT2D eigenvalue weighted by atomic mass is 9.89. The second kappa shape index (κ2) is 13.1. The van der Waals surface area contributed by atoms with E-state index in [0.717, 1.165) is 65.1 Å². The van der Waals surface area contributed by atoms with Gasteiger partial charge in [-0.05, 0) is 31.8 Å². The predicted molar refractivity (Wildman–Crippen MR) is 110 cm³/mol. The lowest BCUT2D eigenvalue weighted by molar-refractivity contribution is -0.147. The number of carbonyl (C=O) groups is 1. The number of hydrogen-bond acceptors (Lipinski definition) is 5. The van der Waals surface area contributed by atoms with E-state index >= 15 is 0 Å². The minimum absolute atomic E-state index is 0. The third-order valence-electron chi connectivity index (χ3n) is 5.80. The van der Waals surface area contributed by atoms with E-state index in [1.165, 1.54) is 0 Å². The number of halogens is 2.